The second-order valence-corrected chi connectivity index (χ2v) is 5.01. The molecule has 1 saturated heterocycles. The molecule has 1 aliphatic heterocycles. The maximum atomic E-state index is 13.0. The number of hydrogen-bond donors (Lipinski definition) is 1. The summed E-state index contributed by atoms with van der Waals surface area (Å²) in [6.45, 7) is 7.08. The molecule has 1 aromatic carbocycles. The lowest BCUT2D eigenvalue weighted by Crippen LogP contribution is -2.41. The van der Waals surface area contributed by atoms with Gasteiger partial charge < -0.3 is 14.8 Å². The molecule has 106 valence electrons. The lowest BCUT2D eigenvalue weighted by atomic mass is 10.00. The fraction of sp³-hybridized carbons (Fsp3) is 0.600. The number of halogens is 1. The predicted molar refractivity (Wildman–Crippen MR) is 73.0 cm³/mol. The van der Waals surface area contributed by atoms with Gasteiger partial charge in [0.25, 0.3) is 0 Å². The molecule has 1 fully saturated rings. The van der Waals surface area contributed by atoms with Crippen LogP contribution in [0.3, 0.4) is 0 Å². The SMILES string of the molecule is CCNC(COc1ccc(F)cc1C)C1CCOC1. The number of benzene rings is 1. The second-order valence-electron chi connectivity index (χ2n) is 5.01. The Morgan fingerprint density at radius 1 is 1.53 bits per heavy atom. The van der Waals surface area contributed by atoms with Gasteiger partial charge in [-0.25, -0.2) is 4.39 Å². The summed E-state index contributed by atoms with van der Waals surface area (Å²) >= 11 is 0. The maximum absolute atomic E-state index is 13.0. The molecule has 19 heavy (non-hydrogen) atoms. The number of nitrogens with one attached hydrogen (secondary N) is 1. The summed E-state index contributed by atoms with van der Waals surface area (Å²) in [6, 6.07) is 4.91. The summed E-state index contributed by atoms with van der Waals surface area (Å²) in [7, 11) is 0. The standard InChI is InChI=1S/C15H22FNO2/c1-3-17-14(12-6-7-18-9-12)10-19-15-5-4-13(16)8-11(15)2/h4-5,8,12,14,17H,3,6-7,9-10H2,1-2H3. The molecule has 0 saturated carbocycles. The Labute approximate surface area is 114 Å². The van der Waals surface area contributed by atoms with E-state index in [9.17, 15) is 4.39 Å². The van der Waals surface area contributed by atoms with Crippen LogP contribution in [0.25, 0.3) is 0 Å². The maximum Gasteiger partial charge on any atom is 0.123 e. The average molecular weight is 267 g/mol. The van der Waals surface area contributed by atoms with Crippen molar-refractivity contribution in [3.63, 3.8) is 0 Å². The van der Waals surface area contributed by atoms with Crippen molar-refractivity contribution in [2.45, 2.75) is 26.3 Å². The smallest absolute Gasteiger partial charge is 0.123 e. The summed E-state index contributed by atoms with van der Waals surface area (Å²) < 4.78 is 24.3. The molecule has 0 amide bonds. The van der Waals surface area contributed by atoms with Crippen LogP contribution in [-0.2, 0) is 4.74 Å². The normalized spacial score (nSPS) is 20.5. The van der Waals surface area contributed by atoms with E-state index in [1.807, 2.05) is 6.92 Å². The molecule has 1 N–H and O–H groups in total. The third-order valence-electron chi connectivity index (χ3n) is 3.56. The first-order valence-electron chi connectivity index (χ1n) is 6.90. The van der Waals surface area contributed by atoms with Crippen LogP contribution >= 0.6 is 0 Å². The number of aryl methyl sites for hydroxylation is 1. The van der Waals surface area contributed by atoms with E-state index >= 15 is 0 Å². The average Bonchev–Trinajstić information content (AvgIpc) is 2.90. The minimum absolute atomic E-state index is 0.225. The Balaban J connectivity index is 1.93. The molecule has 2 unspecified atom stereocenters. The van der Waals surface area contributed by atoms with E-state index in [4.69, 9.17) is 9.47 Å². The highest BCUT2D eigenvalue weighted by Gasteiger charge is 2.25. The van der Waals surface area contributed by atoms with Gasteiger partial charge >= 0.3 is 0 Å². The van der Waals surface area contributed by atoms with E-state index in [0.717, 1.165) is 37.5 Å². The lowest BCUT2D eigenvalue weighted by molar-refractivity contribution is 0.160. The van der Waals surface area contributed by atoms with Gasteiger partial charge in [-0.1, -0.05) is 6.92 Å². The molecule has 0 bridgehead atoms. The van der Waals surface area contributed by atoms with Crippen molar-refractivity contribution >= 4 is 0 Å². The first kappa shape index (κ1) is 14.3. The molecule has 0 radical (unpaired) electrons. The van der Waals surface area contributed by atoms with Crippen molar-refractivity contribution in [3.05, 3.63) is 29.6 Å². The van der Waals surface area contributed by atoms with Gasteiger partial charge in [-0.3, -0.25) is 0 Å². The lowest BCUT2D eigenvalue weighted by Gasteiger charge is -2.23. The van der Waals surface area contributed by atoms with Crippen LogP contribution in [0.2, 0.25) is 0 Å². The number of likely N-dealkylation sites (N-methyl/N-ethyl adjacent to an activating group) is 1. The van der Waals surface area contributed by atoms with Crippen LogP contribution < -0.4 is 10.1 Å². The van der Waals surface area contributed by atoms with Gasteiger partial charge in [-0.05, 0) is 43.7 Å². The summed E-state index contributed by atoms with van der Waals surface area (Å²) in [5.41, 5.74) is 0.831. The highest BCUT2D eigenvalue weighted by Crippen LogP contribution is 2.21. The third-order valence-corrected chi connectivity index (χ3v) is 3.56. The Kier molecular flexibility index (Phi) is 5.16. The monoisotopic (exact) mass is 267 g/mol. The highest BCUT2D eigenvalue weighted by atomic mass is 19.1. The molecule has 3 nitrogen and oxygen atoms in total. The molecule has 1 heterocycles. The molecule has 0 aromatic heterocycles. The van der Waals surface area contributed by atoms with Crippen LogP contribution in [-0.4, -0.2) is 32.4 Å². The molecule has 1 aromatic rings. The van der Waals surface area contributed by atoms with Crippen LogP contribution in [0, 0.1) is 18.7 Å². The van der Waals surface area contributed by atoms with E-state index in [0.29, 0.717) is 12.5 Å². The molecule has 2 rings (SSSR count). The van der Waals surface area contributed by atoms with Gasteiger partial charge in [0, 0.05) is 18.6 Å². The summed E-state index contributed by atoms with van der Waals surface area (Å²) in [5.74, 6) is 1.03. The van der Waals surface area contributed by atoms with Crippen LogP contribution in [0.4, 0.5) is 4.39 Å². The van der Waals surface area contributed by atoms with Crippen molar-refractivity contribution in [2.24, 2.45) is 5.92 Å². The van der Waals surface area contributed by atoms with Crippen molar-refractivity contribution in [3.8, 4) is 5.75 Å². The van der Waals surface area contributed by atoms with Crippen molar-refractivity contribution < 1.29 is 13.9 Å². The van der Waals surface area contributed by atoms with Crippen LogP contribution in [0.1, 0.15) is 18.9 Å². The van der Waals surface area contributed by atoms with Gasteiger partial charge in [-0.2, -0.15) is 0 Å². The van der Waals surface area contributed by atoms with Crippen molar-refractivity contribution in [1.29, 1.82) is 0 Å². The second kappa shape index (κ2) is 6.87. The minimum Gasteiger partial charge on any atom is -0.492 e. The number of rotatable bonds is 6. The molecule has 1 aliphatic rings. The van der Waals surface area contributed by atoms with Crippen LogP contribution in [0.5, 0.6) is 5.75 Å². The van der Waals surface area contributed by atoms with Crippen LogP contribution in [0.15, 0.2) is 18.2 Å². The largest absolute Gasteiger partial charge is 0.492 e. The summed E-state index contributed by atoms with van der Waals surface area (Å²) in [6.07, 6.45) is 1.07. The van der Waals surface area contributed by atoms with E-state index in [1.54, 1.807) is 6.07 Å². The number of hydrogen-bond acceptors (Lipinski definition) is 3. The fourth-order valence-electron chi connectivity index (χ4n) is 2.45. The summed E-state index contributed by atoms with van der Waals surface area (Å²) in [4.78, 5) is 0. The number of ether oxygens (including phenoxy) is 2. The van der Waals surface area contributed by atoms with E-state index in [1.165, 1.54) is 12.1 Å². The molecule has 2 atom stereocenters. The Hall–Kier alpha value is -1.13. The fourth-order valence-corrected chi connectivity index (χ4v) is 2.45. The quantitative estimate of drug-likeness (QED) is 0.859. The van der Waals surface area contributed by atoms with Gasteiger partial charge in [-0.15, -0.1) is 0 Å². The molecule has 0 aliphatic carbocycles. The highest BCUT2D eigenvalue weighted by molar-refractivity contribution is 5.32. The predicted octanol–water partition coefficient (Wildman–Crippen LogP) is 2.53. The zero-order chi connectivity index (χ0) is 13.7. The Bertz CT molecular complexity index is 405. The zero-order valence-electron chi connectivity index (χ0n) is 11.6. The zero-order valence-corrected chi connectivity index (χ0v) is 11.6. The molecule has 0 spiro atoms. The van der Waals surface area contributed by atoms with E-state index in [-0.39, 0.29) is 11.9 Å². The van der Waals surface area contributed by atoms with E-state index in [2.05, 4.69) is 12.2 Å². The van der Waals surface area contributed by atoms with Gasteiger partial charge in [0.05, 0.1) is 6.61 Å². The first-order valence-corrected chi connectivity index (χ1v) is 6.90. The van der Waals surface area contributed by atoms with Crippen molar-refractivity contribution in [2.75, 3.05) is 26.4 Å². The topological polar surface area (TPSA) is 30.5 Å². The third kappa shape index (κ3) is 3.91. The van der Waals surface area contributed by atoms with E-state index < -0.39 is 0 Å². The Morgan fingerprint density at radius 3 is 3.00 bits per heavy atom. The summed E-state index contributed by atoms with van der Waals surface area (Å²) in [5, 5.41) is 3.45. The minimum atomic E-state index is -0.225. The van der Waals surface area contributed by atoms with Crippen molar-refractivity contribution in [1.82, 2.24) is 5.32 Å². The van der Waals surface area contributed by atoms with Gasteiger partial charge in [0.15, 0.2) is 0 Å². The Morgan fingerprint density at radius 2 is 2.37 bits per heavy atom. The molecular formula is C15H22FNO2. The molecular weight excluding hydrogens is 245 g/mol. The van der Waals surface area contributed by atoms with Gasteiger partial charge in [0.2, 0.25) is 0 Å². The first-order chi connectivity index (χ1) is 9.20. The molecule has 4 heteroatoms. The van der Waals surface area contributed by atoms with Gasteiger partial charge in [0.1, 0.15) is 18.2 Å².